The fraction of sp³-hybridized carbons (Fsp3) is 0. The van der Waals surface area contributed by atoms with Crippen molar-refractivity contribution in [1.82, 2.24) is 0 Å². The highest BCUT2D eigenvalue weighted by atomic mass is 16.4. The van der Waals surface area contributed by atoms with Gasteiger partial charge in [-0.3, -0.25) is 14.4 Å². The van der Waals surface area contributed by atoms with Crippen LogP contribution in [0, 0.1) is 0 Å². The van der Waals surface area contributed by atoms with E-state index in [0.29, 0.717) is 28.6 Å². The first-order valence-electron chi connectivity index (χ1n) is 9.09. The van der Waals surface area contributed by atoms with Crippen molar-refractivity contribution in [2.24, 2.45) is 0 Å². The number of benzene rings is 2. The van der Waals surface area contributed by atoms with E-state index in [0.717, 1.165) is 18.2 Å². The van der Waals surface area contributed by atoms with E-state index in [1.54, 1.807) is 42.5 Å². The Hall–Kier alpha value is -4.79. The van der Waals surface area contributed by atoms with Crippen molar-refractivity contribution in [2.45, 2.75) is 0 Å². The molecule has 2 rings (SSSR count). The van der Waals surface area contributed by atoms with Gasteiger partial charge in [-0.25, -0.2) is 9.59 Å². The third-order valence-electron chi connectivity index (χ3n) is 3.75. The number of nitrogens with one attached hydrogen (secondary N) is 2. The summed E-state index contributed by atoms with van der Waals surface area (Å²) in [6.07, 6.45) is 6.02. The molecule has 0 unspecified atom stereocenters. The Morgan fingerprint density at radius 2 is 1.19 bits per heavy atom. The highest BCUT2D eigenvalue weighted by molar-refractivity contribution is 6.08. The topological polar surface area (TPSA) is 150 Å². The standard InChI is InChI=1S/C23H18N2O7/c26-19(16-4-2-6-18(14-16)25-21(28)10-12-23(31)32)8-7-15-3-1-5-17(13-15)24-20(27)9-11-22(29)30/h1-14H,(H,24,27)(H,25,28)(H,29,30)(H,31,32)/b8-7+,11-9+,12-10+. The molecule has 0 saturated carbocycles. The van der Waals surface area contributed by atoms with Crippen LogP contribution in [-0.2, 0) is 19.2 Å². The molecule has 0 aliphatic rings. The third-order valence-corrected chi connectivity index (χ3v) is 3.75. The predicted octanol–water partition coefficient (Wildman–Crippen LogP) is 2.74. The smallest absolute Gasteiger partial charge is 0.328 e. The number of aliphatic carboxylic acids is 2. The molecule has 9 heteroatoms. The first-order chi connectivity index (χ1) is 15.2. The third kappa shape index (κ3) is 8.29. The van der Waals surface area contributed by atoms with E-state index in [-0.39, 0.29) is 5.78 Å². The van der Waals surface area contributed by atoms with Gasteiger partial charge in [0.15, 0.2) is 5.78 Å². The second-order valence-corrected chi connectivity index (χ2v) is 6.23. The Kier molecular flexibility index (Phi) is 8.37. The summed E-state index contributed by atoms with van der Waals surface area (Å²) in [7, 11) is 0. The number of amides is 2. The molecule has 0 aliphatic carbocycles. The van der Waals surface area contributed by atoms with Gasteiger partial charge in [-0.05, 0) is 35.9 Å². The van der Waals surface area contributed by atoms with Crippen LogP contribution < -0.4 is 10.6 Å². The Morgan fingerprint density at radius 1 is 0.656 bits per heavy atom. The van der Waals surface area contributed by atoms with Crippen molar-refractivity contribution < 1.29 is 34.2 Å². The minimum atomic E-state index is -1.26. The summed E-state index contributed by atoms with van der Waals surface area (Å²) in [6, 6.07) is 12.7. The van der Waals surface area contributed by atoms with E-state index < -0.39 is 23.8 Å². The Bertz CT molecular complexity index is 1150. The van der Waals surface area contributed by atoms with Crippen molar-refractivity contribution >= 4 is 47.0 Å². The van der Waals surface area contributed by atoms with Gasteiger partial charge in [0.25, 0.3) is 0 Å². The van der Waals surface area contributed by atoms with Crippen LogP contribution in [-0.4, -0.2) is 39.7 Å². The summed E-state index contributed by atoms with van der Waals surface area (Å²) >= 11 is 0. The lowest BCUT2D eigenvalue weighted by molar-refractivity contribution is -0.132. The summed E-state index contributed by atoms with van der Waals surface area (Å²) in [5.74, 6) is -4.10. The van der Waals surface area contributed by atoms with Gasteiger partial charge in [-0.2, -0.15) is 0 Å². The van der Waals surface area contributed by atoms with E-state index in [9.17, 15) is 24.0 Å². The van der Waals surface area contributed by atoms with E-state index in [2.05, 4.69) is 10.6 Å². The second-order valence-electron chi connectivity index (χ2n) is 6.23. The molecule has 0 aliphatic heterocycles. The lowest BCUT2D eigenvalue weighted by Crippen LogP contribution is -2.09. The molecule has 9 nitrogen and oxygen atoms in total. The number of anilines is 2. The van der Waals surface area contributed by atoms with Gasteiger partial charge in [0.1, 0.15) is 0 Å². The number of hydrogen-bond acceptors (Lipinski definition) is 5. The van der Waals surface area contributed by atoms with E-state index in [1.807, 2.05) is 0 Å². The van der Waals surface area contributed by atoms with Crippen molar-refractivity contribution in [1.29, 1.82) is 0 Å². The van der Waals surface area contributed by atoms with E-state index in [1.165, 1.54) is 18.2 Å². The zero-order valence-electron chi connectivity index (χ0n) is 16.5. The molecular formula is C23H18N2O7. The van der Waals surface area contributed by atoms with E-state index in [4.69, 9.17) is 10.2 Å². The molecule has 4 N–H and O–H groups in total. The summed E-state index contributed by atoms with van der Waals surface area (Å²) in [5, 5.41) is 22.0. The highest BCUT2D eigenvalue weighted by Gasteiger charge is 2.05. The number of ketones is 1. The van der Waals surface area contributed by atoms with Gasteiger partial charge in [0.2, 0.25) is 11.8 Å². The average Bonchev–Trinajstić information content (AvgIpc) is 2.75. The van der Waals surface area contributed by atoms with Gasteiger partial charge in [-0.1, -0.05) is 30.3 Å². The van der Waals surface area contributed by atoms with Gasteiger partial charge in [-0.15, -0.1) is 0 Å². The molecule has 0 atom stereocenters. The molecule has 2 amide bonds. The monoisotopic (exact) mass is 434 g/mol. The maximum absolute atomic E-state index is 12.5. The van der Waals surface area contributed by atoms with Crippen LogP contribution in [0.2, 0.25) is 0 Å². The summed E-state index contributed by atoms with van der Waals surface area (Å²) in [6.45, 7) is 0. The molecule has 0 bridgehead atoms. The quantitative estimate of drug-likeness (QED) is 0.350. The van der Waals surface area contributed by atoms with Gasteiger partial charge < -0.3 is 20.8 Å². The van der Waals surface area contributed by atoms with Crippen LogP contribution in [0.3, 0.4) is 0 Å². The minimum Gasteiger partial charge on any atom is -0.478 e. The SMILES string of the molecule is O=C(O)/C=C/C(=O)Nc1cccc(/C=C/C(=O)c2cccc(NC(=O)/C=C/C(=O)O)c2)c1. The lowest BCUT2D eigenvalue weighted by atomic mass is 10.1. The zero-order valence-corrected chi connectivity index (χ0v) is 16.5. The Labute approximate surface area is 182 Å². The molecule has 0 saturated heterocycles. The summed E-state index contributed by atoms with van der Waals surface area (Å²) < 4.78 is 0. The maximum Gasteiger partial charge on any atom is 0.328 e. The van der Waals surface area contributed by atoms with Crippen molar-refractivity contribution in [2.75, 3.05) is 10.6 Å². The number of carboxylic acid groups (broad SMARTS) is 2. The van der Waals surface area contributed by atoms with Crippen molar-refractivity contribution in [3.05, 3.63) is 90.0 Å². The first kappa shape index (κ1) is 23.5. The Balaban J connectivity index is 2.05. The van der Waals surface area contributed by atoms with Crippen molar-refractivity contribution in [3.63, 3.8) is 0 Å². The second kappa shape index (κ2) is 11.4. The predicted molar refractivity (Wildman–Crippen MR) is 117 cm³/mol. The van der Waals surface area contributed by atoms with Crippen molar-refractivity contribution in [3.8, 4) is 0 Å². The molecule has 2 aromatic rings. The van der Waals surface area contributed by atoms with E-state index >= 15 is 0 Å². The molecule has 0 heterocycles. The van der Waals surface area contributed by atoms with Crippen LogP contribution >= 0.6 is 0 Å². The first-order valence-corrected chi connectivity index (χ1v) is 9.09. The summed E-state index contributed by atoms with van der Waals surface area (Å²) in [5.41, 5.74) is 1.65. The number of carboxylic acids is 2. The average molecular weight is 434 g/mol. The van der Waals surface area contributed by atoms with Gasteiger partial charge in [0, 0.05) is 41.2 Å². The molecule has 0 fully saturated rings. The molecule has 162 valence electrons. The summed E-state index contributed by atoms with van der Waals surface area (Å²) in [4.78, 5) is 56.7. The van der Waals surface area contributed by atoms with Gasteiger partial charge in [0.05, 0.1) is 0 Å². The largest absolute Gasteiger partial charge is 0.478 e. The molecular weight excluding hydrogens is 416 g/mol. The number of rotatable bonds is 9. The molecule has 2 aromatic carbocycles. The maximum atomic E-state index is 12.5. The molecule has 0 spiro atoms. The number of carbonyl (C=O) groups is 5. The highest BCUT2D eigenvalue weighted by Crippen LogP contribution is 2.15. The van der Waals surface area contributed by atoms with Crippen LogP contribution in [0.4, 0.5) is 11.4 Å². The Morgan fingerprint density at radius 3 is 1.75 bits per heavy atom. The van der Waals surface area contributed by atoms with Crippen LogP contribution in [0.15, 0.2) is 78.9 Å². The molecule has 0 radical (unpaired) electrons. The minimum absolute atomic E-state index is 0.296. The molecule has 32 heavy (non-hydrogen) atoms. The number of hydrogen-bond donors (Lipinski definition) is 4. The molecule has 0 aromatic heterocycles. The van der Waals surface area contributed by atoms with Gasteiger partial charge >= 0.3 is 11.9 Å². The van der Waals surface area contributed by atoms with Crippen LogP contribution in [0.5, 0.6) is 0 Å². The lowest BCUT2D eigenvalue weighted by Gasteiger charge is -2.04. The zero-order chi connectivity index (χ0) is 23.5. The fourth-order valence-corrected chi connectivity index (χ4v) is 2.40. The van der Waals surface area contributed by atoms with Crippen LogP contribution in [0.25, 0.3) is 6.08 Å². The number of carbonyl (C=O) groups excluding carboxylic acids is 3. The van der Waals surface area contributed by atoms with Crippen LogP contribution in [0.1, 0.15) is 15.9 Å². The number of allylic oxidation sites excluding steroid dienone is 1. The normalized spacial score (nSPS) is 11.0. The fourth-order valence-electron chi connectivity index (χ4n) is 2.40.